The summed E-state index contributed by atoms with van der Waals surface area (Å²) in [6.45, 7) is 13.6. The molecule has 0 aliphatic rings. The van der Waals surface area contributed by atoms with E-state index in [1.54, 1.807) is 6.07 Å². The first-order valence-electron chi connectivity index (χ1n) is 12.9. The zero-order valence-corrected chi connectivity index (χ0v) is 23.6. The molecule has 0 saturated carbocycles. The van der Waals surface area contributed by atoms with Crippen LogP contribution in [0.5, 0.6) is 5.75 Å². The summed E-state index contributed by atoms with van der Waals surface area (Å²) in [6, 6.07) is 16.3. The zero-order valence-electron chi connectivity index (χ0n) is 22.7. The summed E-state index contributed by atoms with van der Waals surface area (Å²) in [4.78, 5) is 15.9. The Hall–Kier alpha value is -2.66. The van der Waals surface area contributed by atoms with E-state index in [4.69, 9.17) is 4.74 Å². The topological polar surface area (TPSA) is 62.7 Å². The number of hydrogen-bond acceptors (Lipinski definition) is 4. The largest absolute Gasteiger partial charge is 0.506 e. The van der Waals surface area contributed by atoms with Crippen LogP contribution in [0.1, 0.15) is 69.3 Å². The maximum absolute atomic E-state index is 14.8. The predicted molar refractivity (Wildman–Crippen MR) is 149 cm³/mol. The van der Waals surface area contributed by atoms with Gasteiger partial charge in [-0.15, -0.1) is 0 Å². The monoisotopic (exact) mass is 525 g/mol. The van der Waals surface area contributed by atoms with Crippen LogP contribution in [0.25, 0.3) is 11.1 Å². The highest BCUT2D eigenvalue weighted by atomic mass is 31.1. The Morgan fingerprint density at radius 2 is 1.78 bits per heavy atom. The molecule has 37 heavy (non-hydrogen) atoms. The average Bonchev–Trinajstić information content (AvgIpc) is 2.85. The van der Waals surface area contributed by atoms with E-state index < -0.39 is 8.03 Å². The second-order valence-electron chi connectivity index (χ2n) is 10.2. The highest BCUT2D eigenvalue weighted by molar-refractivity contribution is 7.38. The van der Waals surface area contributed by atoms with Crippen molar-refractivity contribution in [1.29, 1.82) is 0 Å². The van der Waals surface area contributed by atoms with Crippen molar-refractivity contribution >= 4 is 8.03 Å². The fourth-order valence-electron chi connectivity index (χ4n) is 4.72. The van der Waals surface area contributed by atoms with Gasteiger partial charge in [0, 0.05) is 35.8 Å². The van der Waals surface area contributed by atoms with E-state index in [-0.39, 0.29) is 17.9 Å². The molecule has 0 radical (unpaired) electrons. The van der Waals surface area contributed by atoms with Crippen molar-refractivity contribution in [3.05, 3.63) is 82.9 Å². The molecule has 0 saturated heterocycles. The van der Waals surface area contributed by atoms with Crippen LogP contribution >= 0.6 is 8.03 Å². The molecule has 198 valence electrons. The predicted octanol–water partition coefficient (Wildman–Crippen LogP) is 7.62. The van der Waals surface area contributed by atoms with Crippen LogP contribution < -0.4 is 4.74 Å². The van der Waals surface area contributed by atoms with Crippen LogP contribution in [0.4, 0.5) is 4.39 Å². The number of hydrogen-bond donors (Lipinski definition) is 1. The fourth-order valence-corrected chi connectivity index (χ4v) is 5.57. The van der Waals surface area contributed by atoms with Gasteiger partial charge in [0.2, 0.25) is 0 Å². The van der Waals surface area contributed by atoms with Crippen LogP contribution in [0.2, 0.25) is 0 Å². The Morgan fingerprint density at radius 1 is 1.05 bits per heavy atom. The summed E-state index contributed by atoms with van der Waals surface area (Å²) < 4.78 is 32.4. The molecular formula is C30H39FN2O3P+. The molecule has 2 atom stereocenters. The van der Waals surface area contributed by atoms with E-state index in [0.29, 0.717) is 30.8 Å². The maximum atomic E-state index is 14.8. The summed E-state index contributed by atoms with van der Waals surface area (Å²) in [5, 5.41) is 0. The van der Waals surface area contributed by atoms with Gasteiger partial charge in [-0.1, -0.05) is 37.3 Å². The number of benzene rings is 2. The Bertz CT molecular complexity index is 1210. The third-order valence-corrected chi connectivity index (χ3v) is 7.49. The second kappa shape index (κ2) is 13.2. The quantitative estimate of drug-likeness (QED) is 0.247. The lowest BCUT2D eigenvalue weighted by Crippen LogP contribution is -2.36. The molecule has 1 heterocycles. The molecule has 7 heteroatoms. The van der Waals surface area contributed by atoms with Gasteiger partial charge in [-0.2, -0.15) is 4.89 Å². The summed E-state index contributed by atoms with van der Waals surface area (Å²) in [5.74, 6) is 0.403. The summed E-state index contributed by atoms with van der Waals surface area (Å²) in [7, 11) is -2.20. The first-order chi connectivity index (χ1) is 17.6. The Kier molecular flexibility index (Phi) is 10.3. The van der Waals surface area contributed by atoms with Crippen LogP contribution in [0.15, 0.2) is 54.7 Å². The molecule has 0 aliphatic carbocycles. The molecule has 3 rings (SSSR count). The van der Waals surface area contributed by atoms with E-state index in [1.807, 2.05) is 50.2 Å². The smallest absolute Gasteiger partial charge is 0.489 e. The van der Waals surface area contributed by atoms with Crippen molar-refractivity contribution in [2.45, 2.75) is 79.1 Å². The maximum Gasteiger partial charge on any atom is 0.506 e. The molecule has 0 fully saturated rings. The van der Waals surface area contributed by atoms with E-state index in [9.17, 15) is 13.8 Å². The van der Waals surface area contributed by atoms with Crippen molar-refractivity contribution in [1.82, 2.24) is 9.88 Å². The van der Waals surface area contributed by atoms with E-state index in [2.05, 4.69) is 43.6 Å². The van der Waals surface area contributed by atoms with E-state index in [0.717, 1.165) is 40.1 Å². The van der Waals surface area contributed by atoms with Crippen LogP contribution in [0.3, 0.4) is 0 Å². The molecular weight excluding hydrogens is 486 g/mol. The molecule has 0 spiro atoms. The van der Waals surface area contributed by atoms with Gasteiger partial charge >= 0.3 is 8.03 Å². The van der Waals surface area contributed by atoms with Crippen LogP contribution in [-0.2, 0) is 17.7 Å². The molecule has 0 amide bonds. The molecule has 0 bridgehead atoms. The number of rotatable bonds is 12. The van der Waals surface area contributed by atoms with E-state index >= 15 is 0 Å². The van der Waals surface area contributed by atoms with Gasteiger partial charge in [0.05, 0.1) is 6.20 Å². The standard InChI is InChI=1S/C30H38FN2O3P/c1-7-24(19-37(34)35)25-9-8-10-27(15-25)36-18-23-11-12-28(29-13-22(6)32-16-30(29)31)26(14-23)17-33(20(2)3)21(4)5/h8-16,20-21,24H,7,17-19H2,1-6H3/p+1. The van der Waals surface area contributed by atoms with Gasteiger partial charge in [-0.25, -0.2) is 4.39 Å². The summed E-state index contributed by atoms with van der Waals surface area (Å²) in [5.41, 5.74) is 5.23. The first-order valence-corrected chi connectivity index (χ1v) is 14.3. The molecule has 3 aromatic rings. The molecule has 2 aromatic carbocycles. The summed E-state index contributed by atoms with van der Waals surface area (Å²) >= 11 is 0. The van der Waals surface area contributed by atoms with Crippen LogP contribution in [0, 0.1) is 12.7 Å². The number of ether oxygens (including phenoxy) is 1. The molecule has 2 unspecified atom stereocenters. The lowest BCUT2D eigenvalue weighted by molar-refractivity contribution is 0.166. The minimum atomic E-state index is -2.20. The van der Waals surface area contributed by atoms with Crippen molar-refractivity contribution in [2.75, 3.05) is 6.16 Å². The van der Waals surface area contributed by atoms with Crippen molar-refractivity contribution in [3.8, 4) is 16.9 Å². The first kappa shape index (κ1) is 28.9. The Morgan fingerprint density at radius 3 is 2.43 bits per heavy atom. The number of aromatic nitrogens is 1. The van der Waals surface area contributed by atoms with Crippen molar-refractivity contribution in [3.63, 3.8) is 0 Å². The zero-order chi connectivity index (χ0) is 27.1. The van der Waals surface area contributed by atoms with Gasteiger partial charge in [-0.05, 0) is 86.1 Å². The molecule has 1 N–H and O–H groups in total. The Balaban J connectivity index is 1.91. The minimum absolute atomic E-state index is 0.0137. The van der Waals surface area contributed by atoms with Gasteiger partial charge < -0.3 is 4.74 Å². The van der Waals surface area contributed by atoms with Crippen LogP contribution in [-0.4, -0.2) is 33.0 Å². The lowest BCUT2D eigenvalue weighted by Gasteiger charge is -2.31. The van der Waals surface area contributed by atoms with E-state index in [1.165, 1.54) is 6.20 Å². The minimum Gasteiger partial charge on any atom is -0.489 e. The normalized spacial score (nSPS) is 12.9. The van der Waals surface area contributed by atoms with Crippen molar-refractivity contribution < 1.29 is 18.6 Å². The lowest BCUT2D eigenvalue weighted by atomic mass is 9.96. The molecule has 1 aromatic heterocycles. The van der Waals surface area contributed by atoms with Crippen molar-refractivity contribution in [2.24, 2.45) is 0 Å². The highest BCUT2D eigenvalue weighted by Gasteiger charge is 2.22. The number of pyridine rings is 1. The number of aryl methyl sites for hydroxylation is 1. The van der Waals surface area contributed by atoms with Gasteiger partial charge in [0.25, 0.3) is 0 Å². The third kappa shape index (κ3) is 7.91. The Labute approximate surface area is 221 Å². The second-order valence-corrected chi connectivity index (χ2v) is 11.2. The average molecular weight is 526 g/mol. The third-order valence-electron chi connectivity index (χ3n) is 6.74. The SMILES string of the molecule is CCC(C[P+](=O)O)c1cccc(OCc2ccc(-c3cc(C)ncc3F)c(CN(C(C)C)C(C)C)c2)c1. The summed E-state index contributed by atoms with van der Waals surface area (Å²) in [6.07, 6.45) is 2.31. The highest BCUT2D eigenvalue weighted by Crippen LogP contribution is 2.32. The van der Waals surface area contributed by atoms with Gasteiger partial charge in [0.15, 0.2) is 6.16 Å². The number of nitrogens with zero attached hydrogens (tertiary/aromatic N) is 2. The molecule has 5 nitrogen and oxygen atoms in total. The van der Waals surface area contributed by atoms with Gasteiger partial charge in [0.1, 0.15) is 18.2 Å². The number of halogens is 1. The molecule has 0 aliphatic heterocycles. The fraction of sp³-hybridized carbons (Fsp3) is 0.433. The van der Waals surface area contributed by atoms with Gasteiger partial charge in [-0.3, -0.25) is 9.88 Å².